The summed E-state index contributed by atoms with van der Waals surface area (Å²) in [5.41, 5.74) is 5.65. The molecule has 1 rings (SSSR count). The third kappa shape index (κ3) is 1.36. The van der Waals surface area contributed by atoms with Gasteiger partial charge in [-0.05, 0) is 6.07 Å². The first-order valence-electron chi connectivity index (χ1n) is 3.17. The fourth-order valence-corrected chi connectivity index (χ4v) is 0.824. The molecule has 56 valence electrons. The first kappa shape index (κ1) is 7.70. The Bertz CT molecular complexity index is 301. The molecular weight excluding hydrogens is 143 g/mol. The second-order valence-electron chi connectivity index (χ2n) is 2.09. The number of nitrogens with zero attached hydrogens (tertiary/aromatic N) is 1. The predicted molar refractivity (Wildman–Crippen MR) is 39.0 cm³/mol. The van der Waals surface area contributed by atoms with Gasteiger partial charge in [-0.2, -0.15) is 5.26 Å². The third-order valence-corrected chi connectivity index (χ3v) is 1.42. The van der Waals surface area contributed by atoms with Crippen molar-refractivity contribution in [1.29, 1.82) is 5.26 Å². The molecule has 2 nitrogen and oxygen atoms in total. The second kappa shape index (κ2) is 3.13. The minimum atomic E-state index is -0.502. The van der Waals surface area contributed by atoms with Crippen LogP contribution in [0.25, 0.3) is 0 Å². The van der Waals surface area contributed by atoms with Gasteiger partial charge in [0.2, 0.25) is 0 Å². The van der Waals surface area contributed by atoms with Crippen molar-refractivity contribution in [2.24, 2.45) is 5.73 Å². The van der Waals surface area contributed by atoms with Gasteiger partial charge in [0, 0.05) is 12.1 Å². The summed E-state index contributed by atoms with van der Waals surface area (Å²) in [6.07, 6.45) is 0. The van der Waals surface area contributed by atoms with E-state index in [1.807, 2.05) is 0 Å². The molecule has 0 atom stereocenters. The molecule has 0 aliphatic heterocycles. The fraction of sp³-hybridized carbons (Fsp3) is 0.125. The van der Waals surface area contributed by atoms with Gasteiger partial charge in [-0.25, -0.2) is 4.39 Å². The maximum atomic E-state index is 13.0. The average molecular weight is 150 g/mol. The van der Waals surface area contributed by atoms with E-state index in [-0.39, 0.29) is 12.1 Å². The van der Waals surface area contributed by atoms with Crippen molar-refractivity contribution in [3.8, 4) is 6.07 Å². The van der Waals surface area contributed by atoms with E-state index in [0.29, 0.717) is 5.56 Å². The number of halogens is 1. The summed E-state index contributed by atoms with van der Waals surface area (Å²) in [7, 11) is 0. The van der Waals surface area contributed by atoms with E-state index in [4.69, 9.17) is 11.0 Å². The Morgan fingerprint density at radius 2 is 2.27 bits per heavy atom. The Morgan fingerprint density at radius 1 is 1.55 bits per heavy atom. The molecule has 0 aliphatic carbocycles. The van der Waals surface area contributed by atoms with Crippen molar-refractivity contribution in [2.75, 3.05) is 0 Å². The van der Waals surface area contributed by atoms with Crippen LogP contribution in [0.1, 0.15) is 11.1 Å². The van der Waals surface area contributed by atoms with E-state index in [2.05, 4.69) is 0 Å². The number of nitriles is 1. The van der Waals surface area contributed by atoms with Gasteiger partial charge in [0.1, 0.15) is 11.9 Å². The zero-order valence-electron chi connectivity index (χ0n) is 5.84. The molecule has 0 fully saturated rings. The van der Waals surface area contributed by atoms with Gasteiger partial charge >= 0.3 is 0 Å². The van der Waals surface area contributed by atoms with Gasteiger partial charge in [0.25, 0.3) is 0 Å². The van der Waals surface area contributed by atoms with E-state index >= 15 is 0 Å². The molecule has 11 heavy (non-hydrogen) atoms. The Labute approximate surface area is 64.1 Å². The standard InChI is InChI=1S/C8H7FN2/c9-8-6(4-10)2-1-3-7(8)5-11/h1-3H,4,10H2. The van der Waals surface area contributed by atoms with Gasteiger partial charge in [-0.15, -0.1) is 0 Å². The molecule has 0 spiro atoms. The summed E-state index contributed by atoms with van der Waals surface area (Å²) in [6.45, 7) is 0.126. The number of benzene rings is 1. The van der Waals surface area contributed by atoms with Gasteiger partial charge in [-0.1, -0.05) is 12.1 Å². The van der Waals surface area contributed by atoms with Crippen molar-refractivity contribution in [3.63, 3.8) is 0 Å². The molecule has 0 amide bonds. The van der Waals surface area contributed by atoms with Gasteiger partial charge in [0.05, 0.1) is 5.56 Å². The lowest BCUT2D eigenvalue weighted by Crippen LogP contribution is -2.00. The summed E-state index contributed by atoms with van der Waals surface area (Å²) >= 11 is 0. The predicted octanol–water partition coefficient (Wildman–Crippen LogP) is 1.16. The minimum absolute atomic E-state index is 0.0490. The highest BCUT2D eigenvalue weighted by molar-refractivity contribution is 5.34. The summed E-state index contributed by atoms with van der Waals surface area (Å²) in [6, 6.07) is 6.35. The highest BCUT2D eigenvalue weighted by Crippen LogP contribution is 2.10. The zero-order valence-corrected chi connectivity index (χ0v) is 5.84. The van der Waals surface area contributed by atoms with Gasteiger partial charge in [-0.3, -0.25) is 0 Å². The lowest BCUT2D eigenvalue weighted by atomic mass is 10.1. The maximum Gasteiger partial charge on any atom is 0.145 e. The molecule has 0 unspecified atom stereocenters. The third-order valence-electron chi connectivity index (χ3n) is 1.42. The molecule has 1 aromatic carbocycles. The topological polar surface area (TPSA) is 49.8 Å². The molecule has 0 radical (unpaired) electrons. The van der Waals surface area contributed by atoms with Crippen LogP contribution < -0.4 is 5.73 Å². The van der Waals surface area contributed by atoms with E-state index < -0.39 is 5.82 Å². The SMILES string of the molecule is N#Cc1cccc(CN)c1F. The quantitative estimate of drug-likeness (QED) is 0.653. The molecule has 3 heteroatoms. The number of hydrogen-bond donors (Lipinski definition) is 1. The van der Waals surface area contributed by atoms with Crippen LogP contribution in [0.4, 0.5) is 4.39 Å². The Balaban J connectivity index is 3.23. The van der Waals surface area contributed by atoms with Crippen LogP contribution in [0.3, 0.4) is 0 Å². The molecule has 1 aromatic rings. The minimum Gasteiger partial charge on any atom is -0.326 e. The first-order chi connectivity index (χ1) is 5.29. The van der Waals surface area contributed by atoms with Crippen LogP contribution in [-0.4, -0.2) is 0 Å². The Morgan fingerprint density at radius 3 is 2.82 bits per heavy atom. The number of nitrogens with two attached hydrogens (primary N) is 1. The fourth-order valence-electron chi connectivity index (χ4n) is 0.824. The van der Waals surface area contributed by atoms with E-state index in [1.165, 1.54) is 6.07 Å². The van der Waals surface area contributed by atoms with E-state index in [1.54, 1.807) is 18.2 Å². The lowest BCUT2D eigenvalue weighted by Gasteiger charge is -1.98. The van der Waals surface area contributed by atoms with Crippen LogP contribution in [0, 0.1) is 17.1 Å². The lowest BCUT2D eigenvalue weighted by molar-refractivity contribution is 0.607. The molecule has 2 N–H and O–H groups in total. The molecule has 0 aliphatic rings. The summed E-state index contributed by atoms with van der Waals surface area (Å²) < 4.78 is 13.0. The normalized spacial score (nSPS) is 9.18. The summed E-state index contributed by atoms with van der Waals surface area (Å²) in [4.78, 5) is 0. The highest BCUT2D eigenvalue weighted by atomic mass is 19.1. The van der Waals surface area contributed by atoms with Crippen molar-refractivity contribution < 1.29 is 4.39 Å². The van der Waals surface area contributed by atoms with Crippen LogP contribution in [0.2, 0.25) is 0 Å². The molecular formula is C8H7FN2. The van der Waals surface area contributed by atoms with E-state index in [0.717, 1.165) is 0 Å². The molecule has 0 saturated heterocycles. The monoisotopic (exact) mass is 150 g/mol. The van der Waals surface area contributed by atoms with Crippen molar-refractivity contribution in [1.82, 2.24) is 0 Å². The van der Waals surface area contributed by atoms with Gasteiger partial charge < -0.3 is 5.73 Å². The molecule has 0 aromatic heterocycles. The highest BCUT2D eigenvalue weighted by Gasteiger charge is 2.04. The van der Waals surface area contributed by atoms with Crippen LogP contribution in [-0.2, 0) is 6.54 Å². The Kier molecular flexibility index (Phi) is 2.19. The van der Waals surface area contributed by atoms with Crippen molar-refractivity contribution >= 4 is 0 Å². The average Bonchev–Trinajstić information content (AvgIpc) is 2.05. The first-order valence-corrected chi connectivity index (χ1v) is 3.17. The largest absolute Gasteiger partial charge is 0.326 e. The molecule has 0 bridgehead atoms. The number of hydrogen-bond acceptors (Lipinski definition) is 2. The van der Waals surface area contributed by atoms with Crippen molar-refractivity contribution in [3.05, 3.63) is 35.1 Å². The zero-order chi connectivity index (χ0) is 8.27. The Hall–Kier alpha value is -1.40. The van der Waals surface area contributed by atoms with Crippen molar-refractivity contribution in [2.45, 2.75) is 6.54 Å². The van der Waals surface area contributed by atoms with E-state index in [9.17, 15) is 4.39 Å². The summed E-state index contributed by atoms with van der Waals surface area (Å²) in [5.74, 6) is -0.502. The maximum absolute atomic E-state index is 13.0. The second-order valence-corrected chi connectivity index (χ2v) is 2.09. The van der Waals surface area contributed by atoms with Crippen LogP contribution >= 0.6 is 0 Å². The smallest absolute Gasteiger partial charge is 0.145 e. The molecule has 0 saturated carbocycles. The van der Waals surface area contributed by atoms with Crippen LogP contribution in [0.5, 0.6) is 0 Å². The van der Waals surface area contributed by atoms with Gasteiger partial charge in [0.15, 0.2) is 0 Å². The molecule has 0 heterocycles. The summed E-state index contributed by atoms with van der Waals surface area (Å²) in [5, 5.41) is 8.41. The number of rotatable bonds is 1. The van der Waals surface area contributed by atoms with Crippen LogP contribution in [0.15, 0.2) is 18.2 Å².